The van der Waals surface area contributed by atoms with E-state index >= 15 is 0 Å². The van der Waals surface area contributed by atoms with Crippen LogP contribution in [-0.4, -0.2) is 55.3 Å². The Kier molecular flexibility index (Phi) is 6.05. The van der Waals surface area contributed by atoms with Crippen LogP contribution in [0.4, 0.5) is 16.2 Å². The van der Waals surface area contributed by atoms with Crippen LogP contribution < -0.4 is 14.3 Å². The van der Waals surface area contributed by atoms with E-state index in [0.29, 0.717) is 11.6 Å². The fourth-order valence-electron chi connectivity index (χ4n) is 5.92. The number of likely N-dealkylation sites (tertiary alicyclic amines) is 1. The summed E-state index contributed by atoms with van der Waals surface area (Å²) in [7, 11) is -0.389. The van der Waals surface area contributed by atoms with Crippen molar-refractivity contribution in [3.05, 3.63) is 40.7 Å². The van der Waals surface area contributed by atoms with Gasteiger partial charge in [-0.3, -0.25) is 4.68 Å². The van der Waals surface area contributed by atoms with Crippen molar-refractivity contribution in [3.63, 3.8) is 0 Å². The summed E-state index contributed by atoms with van der Waals surface area (Å²) >= 11 is 0. The molecular formula is C24H34N6O3S. The second-order valence-electron chi connectivity index (χ2n) is 10.1. The third-order valence-corrected chi connectivity index (χ3v) is 8.86. The Hall–Kier alpha value is -2.59. The Bertz CT molecular complexity index is 1180. The van der Waals surface area contributed by atoms with Crippen molar-refractivity contribution in [3.8, 4) is 0 Å². The van der Waals surface area contributed by atoms with Gasteiger partial charge in [0.05, 0.1) is 18.4 Å². The molecule has 10 heteroatoms. The second-order valence-corrected chi connectivity index (χ2v) is 11.7. The summed E-state index contributed by atoms with van der Waals surface area (Å²) < 4.78 is 32.1. The van der Waals surface area contributed by atoms with Crippen LogP contribution >= 0.6 is 0 Å². The molecule has 2 N–H and O–H groups in total. The van der Waals surface area contributed by atoms with Gasteiger partial charge in [0.2, 0.25) is 0 Å². The van der Waals surface area contributed by atoms with Crippen LogP contribution in [0.15, 0.2) is 18.5 Å². The van der Waals surface area contributed by atoms with E-state index in [1.807, 2.05) is 7.05 Å². The Morgan fingerprint density at radius 2 is 1.82 bits per heavy atom. The summed E-state index contributed by atoms with van der Waals surface area (Å²) in [6.45, 7) is 3.34. The van der Waals surface area contributed by atoms with E-state index in [2.05, 4.69) is 33.0 Å². The van der Waals surface area contributed by atoms with Gasteiger partial charge in [-0.1, -0.05) is 13.0 Å². The monoisotopic (exact) mass is 486 g/mol. The van der Waals surface area contributed by atoms with Crippen LogP contribution in [0.2, 0.25) is 0 Å². The maximum absolute atomic E-state index is 13.5. The lowest BCUT2D eigenvalue weighted by Gasteiger charge is -2.29. The number of carbonyl (C=O) groups excluding carboxylic acids is 1. The van der Waals surface area contributed by atoms with E-state index in [1.54, 1.807) is 17.9 Å². The van der Waals surface area contributed by atoms with Crippen LogP contribution in [0.5, 0.6) is 0 Å². The van der Waals surface area contributed by atoms with Crippen molar-refractivity contribution in [2.24, 2.45) is 13.0 Å². The zero-order valence-electron chi connectivity index (χ0n) is 20.2. The minimum absolute atomic E-state index is 0.0653. The number of likely N-dealkylation sites (N-methyl/N-ethyl adjacent to an activating group) is 1. The first kappa shape index (κ1) is 23.2. The molecule has 34 heavy (non-hydrogen) atoms. The first-order valence-corrected chi connectivity index (χ1v) is 13.6. The summed E-state index contributed by atoms with van der Waals surface area (Å²) in [4.78, 5) is 15.2. The molecule has 2 aromatic rings. The topological polar surface area (TPSA) is 99.6 Å². The number of aryl methyl sites for hydroxylation is 3. The molecule has 2 heterocycles. The van der Waals surface area contributed by atoms with Gasteiger partial charge < -0.3 is 10.2 Å². The van der Waals surface area contributed by atoms with Crippen LogP contribution in [0.3, 0.4) is 0 Å². The molecule has 3 aliphatic rings. The fraction of sp³-hybridized carbons (Fsp3) is 0.583. The highest BCUT2D eigenvalue weighted by atomic mass is 32.2. The lowest BCUT2D eigenvalue weighted by atomic mass is 9.99. The Balaban J connectivity index is 1.38. The molecule has 1 aliphatic heterocycles. The minimum atomic E-state index is -4.15. The number of hydrogen-bond donors (Lipinski definition) is 2. The molecule has 1 saturated heterocycles. The molecule has 2 amide bonds. The molecule has 0 radical (unpaired) electrons. The minimum Gasteiger partial charge on any atom is -0.307 e. The number of carbonyl (C=O) groups is 1. The van der Waals surface area contributed by atoms with E-state index < -0.39 is 16.2 Å². The number of benzene rings is 1. The number of amides is 2. The third kappa shape index (κ3) is 4.40. The summed E-state index contributed by atoms with van der Waals surface area (Å²) in [6, 6.07) is 1.64. The average molecular weight is 487 g/mol. The average Bonchev–Trinajstić information content (AvgIpc) is 3.53. The lowest BCUT2D eigenvalue weighted by Crippen LogP contribution is -2.49. The van der Waals surface area contributed by atoms with Crippen LogP contribution in [-0.2, 0) is 42.9 Å². The SMILES string of the molecule is C[C@H]1C[C@@H](CN(c2cnn(C)c2)S(=O)(=O)NC(=O)Nc2c3c(cc4c2CCC4)CCC3)N(C)C1. The molecule has 0 unspecified atom stereocenters. The Labute approximate surface area is 201 Å². The van der Waals surface area contributed by atoms with E-state index in [0.717, 1.165) is 57.2 Å². The van der Waals surface area contributed by atoms with Crippen molar-refractivity contribution in [1.29, 1.82) is 0 Å². The van der Waals surface area contributed by atoms with Crippen LogP contribution in [0, 0.1) is 5.92 Å². The standard InChI is InChI=1S/C24H34N6O3S/c1-16-10-19(28(2)13-16)15-30(20-12-25-29(3)14-20)34(32,33)27-24(31)26-23-21-8-4-6-17(21)11-18-7-5-9-22(18)23/h11-12,14,16,19H,4-10,13,15H2,1-3H3,(H2,26,27,31)/t16-,19-/m0/s1. The van der Waals surface area contributed by atoms with Gasteiger partial charge in [-0.05, 0) is 80.2 Å². The van der Waals surface area contributed by atoms with Gasteiger partial charge in [-0.15, -0.1) is 0 Å². The van der Waals surface area contributed by atoms with Gasteiger partial charge in [-0.25, -0.2) is 13.8 Å². The predicted molar refractivity (Wildman–Crippen MR) is 132 cm³/mol. The molecule has 1 aromatic carbocycles. The van der Waals surface area contributed by atoms with Gasteiger partial charge in [0.15, 0.2) is 0 Å². The van der Waals surface area contributed by atoms with Crippen molar-refractivity contribution in [1.82, 2.24) is 19.4 Å². The Morgan fingerprint density at radius 1 is 1.15 bits per heavy atom. The zero-order chi connectivity index (χ0) is 24.0. The quantitative estimate of drug-likeness (QED) is 0.654. The maximum atomic E-state index is 13.5. The van der Waals surface area contributed by atoms with Gasteiger partial charge in [0.1, 0.15) is 0 Å². The number of rotatable bonds is 6. The number of urea groups is 1. The predicted octanol–water partition coefficient (Wildman–Crippen LogP) is 2.61. The molecule has 5 rings (SSSR count). The largest absolute Gasteiger partial charge is 0.334 e. The number of nitrogens with one attached hydrogen (secondary N) is 2. The molecular weight excluding hydrogens is 452 g/mol. The first-order chi connectivity index (χ1) is 16.2. The second kappa shape index (κ2) is 8.88. The van der Waals surface area contributed by atoms with E-state index in [-0.39, 0.29) is 12.6 Å². The third-order valence-electron chi connectivity index (χ3n) is 7.48. The molecule has 0 spiro atoms. The van der Waals surface area contributed by atoms with E-state index in [4.69, 9.17) is 0 Å². The number of anilines is 2. The first-order valence-electron chi connectivity index (χ1n) is 12.2. The Morgan fingerprint density at radius 3 is 2.38 bits per heavy atom. The molecule has 0 bridgehead atoms. The molecule has 1 aromatic heterocycles. The zero-order valence-corrected chi connectivity index (χ0v) is 21.0. The molecule has 9 nitrogen and oxygen atoms in total. The smallest absolute Gasteiger partial charge is 0.307 e. The van der Waals surface area contributed by atoms with Crippen molar-refractivity contribution in [2.75, 3.05) is 29.8 Å². The van der Waals surface area contributed by atoms with E-state index in [1.165, 1.54) is 32.8 Å². The number of hydrogen-bond acceptors (Lipinski definition) is 5. The molecule has 2 atom stereocenters. The highest BCUT2D eigenvalue weighted by molar-refractivity contribution is 7.91. The highest BCUT2D eigenvalue weighted by Gasteiger charge is 2.34. The number of aromatic nitrogens is 2. The molecule has 2 aliphatic carbocycles. The van der Waals surface area contributed by atoms with Crippen molar-refractivity contribution in [2.45, 2.75) is 57.9 Å². The van der Waals surface area contributed by atoms with Crippen LogP contribution in [0.25, 0.3) is 0 Å². The summed E-state index contributed by atoms with van der Waals surface area (Å²) in [5.74, 6) is 0.493. The molecule has 184 valence electrons. The lowest BCUT2D eigenvalue weighted by molar-refractivity contribution is 0.256. The highest BCUT2D eigenvalue weighted by Crippen LogP contribution is 2.38. The number of fused-ring (bicyclic) bond motifs is 2. The molecule has 0 saturated carbocycles. The van der Waals surface area contributed by atoms with Gasteiger partial charge >= 0.3 is 16.2 Å². The van der Waals surface area contributed by atoms with Crippen molar-refractivity contribution < 1.29 is 13.2 Å². The fourth-order valence-corrected chi connectivity index (χ4v) is 7.06. The van der Waals surface area contributed by atoms with Crippen LogP contribution in [0.1, 0.15) is 48.4 Å². The van der Waals surface area contributed by atoms with Gasteiger partial charge in [0.25, 0.3) is 0 Å². The van der Waals surface area contributed by atoms with Gasteiger partial charge in [0, 0.05) is 31.5 Å². The summed E-state index contributed by atoms with van der Waals surface area (Å²) in [6.07, 6.45) is 10.1. The van der Waals surface area contributed by atoms with Gasteiger partial charge in [-0.2, -0.15) is 13.5 Å². The normalized spacial score (nSPS) is 22.0. The molecule has 1 fully saturated rings. The van der Waals surface area contributed by atoms with Crippen molar-refractivity contribution >= 4 is 27.6 Å². The van der Waals surface area contributed by atoms with E-state index in [9.17, 15) is 13.2 Å². The number of nitrogens with zero attached hydrogens (tertiary/aromatic N) is 4. The summed E-state index contributed by atoms with van der Waals surface area (Å²) in [5, 5.41) is 7.09. The maximum Gasteiger partial charge on any atom is 0.334 e. The summed E-state index contributed by atoms with van der Waals surface area (Å²) in [5.41, 5.74) is 6.17.